The number of aryl methyl sites for hydroxylation is 2. The molecule has 1 saturated heterocycles. The quantitative estimate of drug-likeness (QED) is 0.624. The number of amides is 1. The van der Waals surface area contributed by atoms with Gasteiger partial charge in [0, 0.05) is 44.0 Å². The lowest BCUT2D eigenvalue weighted by molar-refractivity contribution is -0.131. The zero-order chi connectivity index (χ0) is 21.1. The second kappa shape index (κ2) is 8.69. The second-order valence-corrected chi connectivity index (χ2v) is 7.50. The van der Waals surface area contributed by atoms with E-state index in [0.29, 0.717) is 25.2 Å². The van der Waals surface area contributed by atoms with E-state index >= 15 is 0 Å². The third-order valence-corrected chi connectivity index (χ3v) is 5.72. The lowest BCUT2D eigenvalue weighted by atomic mass is 10.1. The number of carbonyl (C=O) groups excluding carboxylic acids is 1. The summed E-state index contributed by atoms with van der Waals surface area (Å²) in [5.74, 6) is 1.69. The number of piperazine rings is 1. The highest BCUT2D eigenvalue weighted by Crippen LogP contribution is 2.29. The number of fused-ring (bicyclic) bond motifs is 1. The average Bonchev–Trinajstić information content (AvgIpc) is 3.23. The fraction of sp³-hybridized carbons (Fsp3) is 0.455. The molecule has 158 valence electrons. The van der Waals surface area contributed by atoms with Crippen LogP contribution in [0.3, 0.4) is 0 Å². The molecule has 8 nitrogen and oxygen atoms in total. The molecule has 1 fully saturated rings. The monoisotopic (exact) mass is 408 g/mol. The van der Waals surface area contributed by atoms with E-state index in [4.69, 9.17) is 4.74 Å². The minimum absolute atomic E-state index is 0.185. The molecular formula is C22H28N6O2. The van der Waals surface area contributed by atoms with Gasteiger partial charge in [0.25, 0.3) is 5.78 Å². The highest BCUT2D eigenvalue weighted by molar-refractivity contribution is 5.77. The van der Waals surface area contributed by atoms with Gasteiger partial charge in [0.15, 0.2) is 0 Å². The Morgan fingerprint density at radius 2 is 1.90 bits per heavy atom. The average molecular weight is 409 g/mol. The first-order chi connectivity index (χ1) is 14.6. The van der Waals surface area contributed by atoms with Crippen LogP contribution in [0.4, 0.5) is 5.69 Å². The number of anilines is 1. The summed E-state index contributed by atoms with van der Waals surface area (Å²) in [5, 5.41) is 4.23. The molecule has 0 N–H and O–H groups in total. The molecule has 0 spiro atoms. The van der Waals surface area contributed by atoms with E-state index in [1.165, 1.54) is 6.33 Å². The number of rotatable bonds is 6. The summed E-state index contributed by atoms with van der Waals surface area (Å²) in [5.41, 5.74) is 4.09. The first-order valence-electron chi connectivity index (χ1n) is 10.5. The van der Waals surface area contributed by atoms with Crippen LogP contribution in [0, 0.1) is 13.8 Å². The number of para-hydroxylation sites is 2. The predicted octanol–water partition coefficient (Wildman–Crippen LogP) is 2.42. The molecule has 2 aromatic heterocycles. The zero-order valence-corrected chi connectivity index (χ0v) is 17.8. The fourth-order valence-electron chi connectivity index (χ4n) is 4.10. The molecular weight excluding hydrogens is 380 g/mol. The van der Waals surface area contributed by atoms with Gasteiger partial charge in [-0.05, 0) is 44.9 Å². The van der Waals surface area contributed by atoms with E-state index in [1.807, 2.05) is 43.9 Å². The Morgan fingerprint density at radius 3 is 2.67 bits per heavy atom. The summed E-state index contributed by atoms with van der Waals surface area (Å²) >= 11 is 0. The molecule has 1 aliphatic rings. The number of aromatic nitrogens is 4. The Morgan fingerprint density at radius 1 is 1.13 bits per heavy atom. The maximum atomic E-state index is 12.8. The molecule has 30 heavy (non-hydrogen) atoms. The van der Waals surface area contributed by atoms with Gasteiger partial charge in [-0.15, -0.1) is 0 Å². The Bertz CT molecular complexity index is 1040. The van der Waals surface area contributed by atoms with Crippen molar-refractivity contribution in [1.82, 2.24) is 24.5 Å². The van der Waals surface area contributed by atoms with Gasteiger partial charge in [0.1, 0.15) is 12.1 Å². The summed E-state index contributed by atoms with van der Waals surface area (Å²) in [6.45, 7) is 9.66. The van der Waals surface area contributed by atoms with E-state index in [9.17, 15) is 4.79 Å². The maximum Gasteiger partial charge on any atom is 0.252 e. The number of nitrogens with zero attached hydrogens (tertiary/aromatic N) is 6. The zero-order valence-electron chi connectivity index (χ0n) is 17.8. The molecule has 0 atom stereocenters. The van der Waals surface area contributed by atoms with Crippen molar-refractivity contribution in [2.75, 3.05) is 37.7 Å². The van der Waals surface area contributed by atoms with Crippen molar-refractivity contribution in [3.8, 4) is 5.75 Å². The van der Waals surface area contributed by atoms with Crippen LogP contribution in [0.2, 0.25) is 0 Å². The fourth-order valence-corrected chi connectivity index (χ4v) is 4.10. The SMILES string of the molecule is CCOc1ccccc1N1CCN(C(=O)CCc2c(C)nc3ncnn3c2C)CC1. The molecule has 0 radical (unpaired) electrons. The van der Waals surface area contributed by atoms with Crippen molar-refractivity contribution < 1.29 is 9.53 Å². The molecule has 0 bridgehead atoms. The Kier molecular flexibility index (Phi) is 5.83. The summed E-state index contributed by atoms with van der Waals surface area (Å²) in [4.78, 5) is 25.8. The van der Waals surface area contributed by atoms with Crippen LogP contribution >= 0.6 is 0 Å². The molecule has 0 saturated carbocycles. The third-order valence-electron chi connectivity index (χ3n) is 5.72. The van der Waals surface area contributed by atoms with Crippen LogP contribution in [0.15, 0.2) is 30.6 Å². The van der Waals surface area contributed by atoms with E-state index < -0.39 is 0 Å². The number of hydrogen-bond acceptors (Lipinski definition) is 6. The Balaban J connectivity index is 1.36. The van der Waals surface area contributed by atoms with Crippen molar-refractivity contribution in [3.05, 3.63) is 47.5 Å². The molecule has 0 unspecified atom stereocenters. The Labute approximate surface area is 176 Å². The van der Waals surface area contributed by atoms with Crippen molar-refractivity contribution >= 4 is 17.4 Å². The van der Waals surface area contributed by atoms with Gasteiger partial charge in [-0.2, -0.15) is 10.1 Å². The molecule has 8 heteroatoms. The van der Waals surface area contributed by atoms with Gasteiger partial charge < -0.3 is 14.5 Å². The Hall–Kier alpha value is -3.16. The lowest BCUT2D eigenvalue weighted by Crippen LogP contribution is -2.49. The summed E-state index contributed by atoms with van der Waals surface area (Å²) in [6, 6.07) is 8.10. The molecule has 4 rings (SSSR count). The number of benzene rings is 1. The highest BCUT2D eigenvalue weighted by atomic mass is 16.5. The minimum atomic E-state index is 0.185. The second-order valence-electron chi connectivity index (χ2n) is 7.50. The smallest absolute Gasteiger partial charge is 0.252 e. The van der Waals surface area contributed by atoms with Gasteiger partial charge in [-0.1, -0.05) is 12.1 Å². The van der Waals surface area contributed by atoms with Crippen LogP contribution < -0.4 is 9.64 Å². The molecule has 3 heterocycles. The number of carbonyl (C=O) groups is 1. The standard InChI is InChI=1S/C22H28N6O2/c1-4-30-20-8-6-5-7-19(20)26-11-13-27(14-12-26)21(29)10-9-18-16(2)25-22-23-15-24-28(22)17(18)3/h5-8,15H,4,9-14H2,1-3H3. The lowest BCUT2D eigenvalue weighted by Gasteiger charge is -2.36. The van der Waals surface area contributed by atoms with Crippen LogP contribution in [-0.4, -0.2) is 63.2 Å². The highest BCUT2D eigenvalue weighted by Gasteiger charge is 2.23. The van der Waals surface area contributed by atoms with Gasteiger partial charge in [-0.3, -0.25) is 4.79 Å². The molecule has 1 aliphatic heterocycles. The number of ether oxygens (including phenoxy) is 1. The first-order valence-corrected chi connectivity index (χ1v) is 10.5. The first kappa shape index (κ1) is 20.1. The minimum Gasteiger partial charge on any atom is -0.492 e. The van der Waals surface area contributed by atoms with Gasteiger partial charge in [0.2, 0.25) is 5.91 Å². The van der Waals surface area contributed by atoms with Crippen LogP contribution in [0.1, 0.15) is 30.3 Å². The third kappa shape index (κ3) is 3.94. The molecule has 3 aromatic rings. The normalized spacial score (nSPS) is 14.4. The summed E-state index contributed by atoms with van der Waals surface area (Å²) < 4.78 is 7.50. The van der Waals surface area contributed by atoms with Gasteiger partial charge >= 0.3 is 0 Å². The van der Waals surface area contributed by atoms with E-state index in [1.54, 1.807) is 4.52 Å². The van der Waals surface area contributed by atoms with Crippen LogP contribution in [0.25, 0.3) is 5.78 Å². The van der Waals surface area contributed by atoms with Crippen molar-refractivity contribution in [2.45, 2.75) is 33.6 Å². The number of hydrogen-bond donors (Lipinski definition) is 0. The van der Waals surface area contributed by atoms with Crippen LogP contribution in [0.5, 0.6) is 5.75 Å². The van der Waals surface area contributed by atoms with Gasteiger partial charge in [0.05, 0.1) is 12.3 Å². The molecule has 1 aromatic carbocycles. The molecule has 0 aliphatic carbocycles. The van der Waals surface area contributed by atoms with Crippen molar-refractivity contribution in [3.63, 3.8) is 0 Å². The van der Waals surface area contributed by atoms with Crippen molar-refractivity contribution in [1.29, 1.82) is 0 Å². The topological polar surface area (TPSA) is 75.9 Å². The maximum absolute atomic E-state index is 12.8. The summed E-state index contributed by atoms with van der Waals surface area (Å²) in [6.07, 6.45) is 2.64. The van der Waals surface area contributed by atoms with Gasteiger partial charge in [-0.25, -0.2) is 9.50 Å². The van der Waals surface area contributed by atoms with E-state index in [0.717, 1.165) is 54.6 Å². The summed E-state index contributed by atoms with van der Waals surface area (Å²) in [7, 11) is 0. The predicted molar refractivity (Wildman–Crippen MR) is 115 cm³/mol. The molecule has 1 amide bonds. The largest absolute Gasteiger partial charge is 0.492 e. The van der Waals surface area contributed by atoms with Crippen molar-refractivity contribution in [2.24, 2.45) is 0 Å². The van der Waals surface area contributed by atoms with E-state index in [2.05, 4.69) is 26.0 Å². The van der Waals surface area contributed by atoms with Crippen LogP contribution in [-0.2, 0) is 11.2 Å². The van der Waals surface area contributed by atoms with E-state index in [-0.39, 0.29) is 5.91 Å².